The van der Waals surface area contributed by atoms with Gasteiger partial charge in [0, 0.05) is 17.1 Å². The first-order valence-electron chi connectivity index (χ1n) is 7.91. The number of thiazole rings is 1. The maximum atomic E-state index is 12.9. The molecule has 0 saturated heterocycles. The van der Waals surface area contributed by atoms with E-state index in [1.807, 2.05) is 35.7 Å². The Morgan fingerprint density at radius 1 is 1.08 bits per heavy atom. The van der Waals surface area contributed by atoms with Crippen LogP contribution in [0.3, 0.4) is 0 Å². The molecule has 3 rings (SSSR count). The zero-order valence-electron chi connectivity index (χ0n) is 13.7. The van der Waals surface area contributed by atoms with Crippen LogP contribution in [-0.4, -0.2) is 23.3 Å². The van der Waals surface area contributed by atoms with E-state index < -0.39 is 11.7 Å². The van der Waals surface area contributed by atoms with Gasteiger partial charge in [-0.1, -0.05) is 30.3 Å². The summed E-state index contributed by atoms with van der Waals surface area (Å²) in [4.78, 5) is 28.6. The highest BCUT2D eigenvalue weighted by Gasteiger charge is 2.19. The van der Waals surface area contributed by atoms with E-state index in [2.05, 4.69) is 15.6 Å². The lowest BCUT2D eigenvalue weighted by Gasteiger charge is -2.17. The second-order valence-electron chi connectivity index (χ2n) is 5.47. The molecule has 26 heavy (non-hydrogen) atoms. The number of amides is 2. The number of benzene rings is 2. The summed E-state index contributed by atoms with van der Waals surface area (Å²) in [6, 6.07) is 14.2. The number of halogens is 1. The molecule has 5 nitrogen and oxygen atoms in total. The molecule has 2 N–H and O–H groups in total. The summed E-state index contributed by atoms with van der Waals surface area (Å²) in [5, 5.41) is 8.02. The van der Waals surface area contributed by atoms with E-state index in [-0.39, 0.29) is 18.5 Å². The maximum Gasteiger partial charge on any atom is 0.251 e. The number of hydrogen-bond donors (Lipinski definition) is 2. The Bertz CT molecular complexity index is 868. The van der Waals surface area contributed by atoms with Crippen LogP contribution in [0.25, 0.3) is 0 Å². The van der Waals surface area contributed by atoms with Crippen LogP contribution in [0.4, 0.5) is 4.39 Å². The minimum atomic E-state index is -0.439. The summed E-state index contributed by atoms with van der Waals surface area (Å²) >= 11 is 1.44. The van der Waals surface area contributed by atoms with Crippen LogP contribution in [-0.2, 0) is 4.79 Å². The summed E-state index contributed by atoms with van der Waals surface area (Å²) in [5.74, 6) is -1.20. The van der Waals surface area contributed by atoms with Crippen molar-refractivity contribution in [2.45, 2.75) is 6.04 Å². The molecule has 1 aromatic heterocycles. The second kappa shape index (κ2) is 8.35. The van der Waals surface area contributed by atoms with Crippen LogP contribution in [0.1, 0.15) is 27.0 Å². The molecule has 0 radical (unpaired) electrons. The van der Waals surface area contributed by atoms with Crippen molar-refractivity contribution in [1.29, 1.82) is 0 Å². The van der Waals surface area contributed by atoms with E-state index in [1.165, 1.54) is 35.6 Å². The van der Waals surface area contributed by atoms with E-state index in [0.29, 0.717) is 5.56 Å². The van der Waals surface area contributed by atoms with Gasteiger partial charge < -0.3 is 10.6 Å². The van der Waals surface area contributed by atoms with Crippen molar-refractivity contribution in [2.24, 2.45) is 0 Å². The predicted molar refractivity (Wildman–Crippen MR) is 97.3 cm³/mol. The minimum absolute atomic E-state index is 0.190. The van der Waals surface area contributed by atoms with Crippen molar-refractivity contribution in [1.82, 2.24) is 15.6 Å². The van der Waals surface area contributed by atoms with Crippen LogP contribution < -0.4 is 10.6 Å². The number of rotatable bonds is 6. The molecule has 0 aliphatic rings. The molecule has 0 bridgehead atoms. The van der Waals surface area contributed by atoms with Gasteiger partial charge >= 0.3 is 0 Å². The summed E-state index contributed by atoms with van der Waals surface area (Å²) in [7, 11) is 0. The van der Waals surface area contributed by atoms with Gasteiger partial charge in [0.05, 0.1) is 6.54 Å². The lowest BCUT2D eigenvalue weighted by atomic mass is 10.1. The fourth-order valence-electron chi connectivity index (χ4n) is 2.39. The lowest BCUT2D eigenvalue weighted by molar-refractivity contribution is -0.120. The molecule has 0 saturated carbocycles. The summed E-state index contributed by atoms with van der Waals surface area (Å²) in [6.45, 7) is -0.190. The summed E-state index contributed by atoms with van der Waals surface area (Å²) in [5.41, 5.74) is 1.19. The third kappa shape index (κ3) is 4.52. The molecule has 0 aliphatic carbocycles. The van der Waals surface area contributed by atoms with E-state index >= 15 is 0 Å². The van der Waals surface area contributed by atoms with Gasteiger partial charge in [-0.2, -0.15) is 0 Å². The van der Waals surface area contributed by atoms with Gasteiger partial charge in [-0.3, -0.25) is 9.59 Å². The normalized spacial score (nSPS) is 11.6. The summed E-state index contributed by atoms with van der Waals surface area (Å²) < 4.78 is 12.9. The number of aromatic nitrogens is 1. The Hall–Kier alpha value is -3.06. The van der Waals surface area contributed by atoms with Crippen LogP contribution in [0, 0.1) is 5.82 Å². The SMILES string of the molecule is O=C(CNC(=O)c1ccc(F)cc1)NC(c1ccccc1)c1nccs1. The first-order valence-corrected chi connectivity index (χ1v) is 8.79. The molecule has 1 atom stereocenters. The van der Waals surface area contributed by atoms with Crippen LogP contribution in [0.15, 0.2) is 66.2 Å². The van der Waals surface area contributed by atoms with Gasteiger partial charge in [-0.25, -0.2) is 9.37 Å². The average molecular weight is 369 g/mol. The largest absolute Gasteiger partial charge is 0.343 e. The lowest BCUT2D eigenvalue weighted by Crippen LogP contribution is -2.39. The molecule has 1 unspecified atom stereocenters. The Morgan fingerprint density at radius 3 is 2.46 bits per heavy atom. The predicted octanol–water partition coefficient (Wildman–Crippen LogP) is 2.92. The zero-order chi connectivity index (χ0) is 18.4. The molecule has 7 heteroatoms. The number of hydrogen-bond acceptors (Lipinski definition) is 4. The van der Waals surface area contributed by atoms with Crippen molar-refractivity contribution < 1.29 is 14.0 Å². The van der Waals surface area contributed by atoms with Crippen molar-refractivity contribution in [3.63, 3.8) is 0 Å². The average Bonchev–Trinajstić information content (AvgIpc) is 3.20. The maximum absolute atomic E-state index is 12.9. The van der Waals surface area contributed by atoms with Gasteiger partial charge in [-0.05, 0) is 29.8 Å². The first-order chi connectivity index (χ1) is 12.6. The Balaban J connectivity index is 1.63. The number of nitrogens with zero attached hydrogens (tertiary/aromatic N) is 1. The van der Waals surface area contributed by atoms with Crippen molar-refractivity contribution in [3.8, 4) is 0 Å². The van der Waals surface area contributed by atoms with Gasteiger partial charge in [0.1, 0.15) is 16.9 Å². The Kier molecular flexibility index (Phi) is 5.70. The van der Waals surface area contributed by atoms with Gasteiger partial charge in [0.25, 0.3) is 5.91 Å². The fraction of sp³-hybridized carbons (Fsp3) is 0.105. The highest BCUT2D eigenvalue weighted by molar-refractivity contribution is 7.09. The van der Waals surface area contributed by atoms with Crippen LogP contribution in [0.5, 0.6) is 0 Å². The van der Waals surface area contributed by atoms with Crippen LogP contribution in [0.2, 0.25) is 0 Å². The molecule has 2 amide bonds. The highest BCUT2D eigenvalue weighted by Crippen LogP contribution is 2.23. The van der Waals surface area contributed by atoms with E-state index in [9.17, 15) is 14.0 Å². The van der Waals surface area contributed by atoms with Gasteiger partial charge in [0.2, 0.25) is 5.91 Å². The summed E-state index contributed by atoms with van der Waals surface area (Å²) in [6.07, 6.45) is 1.68. The first kappa shape index (κ1) is 17.8. The topological polar surface area (TPSA) is 71.1 Å². The van der Waals surface area contributed by atoms with Crippen molar-refractivity contribution in [2.75, 3.05) is 6.54 Å². The molecule has 1 heterocycles. The third-order valence-electron chi connectivity index (χ3n) is 3.65. The van der Waals surface area contributed by atoms with E-state index in [1.54, 1.807) is 6.20 Å². The fourth-order valence-corrected chi connectivity index (χ4v) is 3.10. The van der Waals surface area contributed by atoms with Crippen molar-refractivity contribution in [3.05, 3.63) is 88.1 Å². The van der Waals surface area contributed by atoms with Crippen LogP contribution >= 0.6 is 11.3 Å². The highest BCUT2D eigenvalue weighted by atomic mass is 32.1. The molecular weight excluding hydrogens is 353 g/mol. The smallest absolute Gasteiger partial charge is 0.251 e. The monoisotopic (exact) mass is 369 g/mol. The molecular formula is C19H16FN3O2S. The van der Waals surface area contributed by atoms with Gasteiger partial charge in [0.15, 0.2) is 0 Å². The third-order valence-corrected chi connectivity index (χ3v) is 4.49. The molecule has 0 spiro atoms. The molecule has 2 aromatic carbocycles. The molecule has 0 aliphatic heterocycles. The minimum Gasteiger partial charge on any atom is -0.343 e. The van der Waals surface area contributed by atoms with Gasteiger partial charge in [-0.15, -0.1) is 11.3 Å². The number of nitrogens with one attached hydrogen (secondary N) is 2. The zero-order valence-corrected chi connectivity index (χ0v) is 14.5. The Labute approximate surface area is 153 Å². The molecule has 0 fully saturated rings. The number of carbonyl (C=O) groups excluding carboxylic acids is 2. The van der Waals surface area contributed by atoms with Crippen molar-refractivity contribution >= 4 is 23.2 Å². The number of carbonyl (C=O) groups is 2. The molecule has 3 aromatic rings. The second-order valence-corrected chi connectivity index (χ2v) is 6.40. The van der Waals surface area contributed by atoms with E-state index in [4.69, 9.17) is 0 Å². The molecule has 132 valence electrons. The van der Waals surface area contributed by atoms with E-state index in [0.717, 1.165) is 10.6 Å². The Morgan fingerprint density at radius 2 is 1.81 bits per heavy atom. The standard InChI is InChI=1S/C19H16FN3O2S/c20-15-8-6-14(7-9-15)18(25)22-12-16(24)23-17(19-21-10-11-26-19)13-4-2-1-3-5-13/h1-11,17H,12H2,(H,22,25)(H,23,24). The quantitative estimate of drug-likeness (QED) is 0.702.